The van der Waals surface area contributed by atoms with E-state index in [1.54, 1.807) is 0 Å². The summed E-state index contributed by atoms with van der Waals surface area (Å²) >= 11 is 0. The van der Waals surface area contributed by atoms with E-state index in [0.717, 1.165) is 11.1 Å². The first-order valence-electron chi connectivity index (χ1n) is 6.92. The summed E-state index contributed by atoms with van der Waals surface area (Å²) in [6.45, 7) is 3.60. The summed E-state index contributed by atoms with van der Waals surface area (Å²) in [6.07, 6.45) is 0. The Morgan fingerprint density at radius 1 is 1.09 bits per heavy atom. The fourth-order valence-electron chi connectivity index (χ4n) is 2.12. The SMILES string of the molecule is Cc1cc(C)cc(OCC(=O)Nc2cc(C(=O)O)ccc2O)c1. The number of aromatic carboxylic acids is 1. The van der Waals surface area contributed by atoms with Crippen LogP contribution < -0.4 is 10.1 Å². The standard InChI is InChI=1S/C17H17NO5/c1-10-5-11(2)7-13(6-10)23-9-16(20)18-14-8-12(17(21)22)3-4-15(14)19/h3-8,19H,9H2,1-2H3,(H,18,20)(H,21,22). The number of carboxylic acid groups (broad SMARTS) is 1. The highest BCUT2D eigenvalue weighted by Gasteiger charge is 2.11. The summed E-state index contributed by atoms with van der Waals surface area (Å²) < 4.78 is 5.41. The van der Waals surface area contributed by atoms with Crippen LogP contribution in [0.1, 0.15) is 21.5 Å². The number of aromatic hydroxyl groups is 1. The summed E-state index contributed by atoms with van der Waals surface area (Å²) in [5.41, 5.74) is 2.03. The number of carboxylic acids is 1. The van der Waals surface area contributed by atoms with Crippen molar-refractivity contribution in [3.05, 3.63) is 53.1 Å². The lowest BCUT2D eigenvalue weighted by Gasteiger charge is -2.10. The molecule has 0 aliphatic rings. The number of phenolic OH excluding ortho intramolecular Hbond substituents is 1. The average molecular weight is 315 g/mol. The minimum atomic E-state index is -1.15. The Labute approximate surface area is 133 Å². The van der Waals surface area contributed by atoms with E-state index < -0.39 is 11.9 Å². The fraction of sp³-hybridized carbons (Fsp3) is 0.176. The summed E-state index contributed by atoms with van der Waals surface area (Å²) in [5, 5.41) is 21.0. The van der Waals surface area contributed by atoms with Crippen LogP contribution in [0.4, 0.5) is 5.69 Å². The number of amides is 1. The predicted molar refractivity (Wildman–Crippen MR) is 85.1 cm³/mol. The molecule has 0 saturated carbocycles. The van der Waals surface area contributed by atoms with Crippen LogP contribution in [-0.2, 0) is 4.79 Å². The van der Waals surface area contributed by atoms with Crippen LogP contribution in [0.5, 0.6) is 11.5 Å². The summed E-state index contributed by atoms with van der Waals surface area (Å²) in [5.74, 6) is -1.29. The Morgan fingerprint density at radius 3 is 2.35 bits per heavy atom. The molecule has 0 saturated heterocycles. The van der Waals surface area contributed by atoms with Crippen LogP contribution in [0, 0.1) is 13.8 Å². The van der Waals surface area contributed by atoms with Gasteiger partial charge in [-0.15, -0.1) is 0 Å². The van der Waals surface area contributed by atoms with E-state index in [4.69, 9.17) is 9.84 Å². The highest BCUT2D eigenvalue weighted by Crippen LogP contribution is 2.24. The van der Waals surface area contributed by atoms with E-state index in [0.29, 0.717) is 5.75 Å². The predicted octanol–water partition coefficient (Wildman–Crippen LogP) is 2.72. The maximum atomic E-state index is 11.9. The lowest BCUT2D eigenvalue weighted by atomic mass is 10.1. The van der Waals surface area contributed by atoms with Crippen molar-refractivity contribution in [2.75, 3.05) is 11.9 Å². The van der Waals surface area contributed by atoms with Crippen molar-refractivity contribution in [2.45, 2.75) is 13.8 Å². The summed E-state index contributed by atoms with van der Waals surface area (Å²) in [6, 6.07) is 9.25. The molecule has 0 unspecified atom stereocenters. The van der Waals surface area contributed by atoms with Crippen LogP contribution in [-0.4, -0.2) is 28.7 Å². The van der Waals surface area contributed by atoms with Crippen molar-refractivity contribution in [3.8, 4) is 11.5 Å². The number of rotatable bonds is 5. The molecule has 0 aliphatic carbocycles. The maximum absolute atomic E-state index is 11.9. The van der Waals surface area contributed by atoms with Gasteiger partial charge in [-0.05, 0) is 55.3 Å². The molecule has 0 radical (unpaired) electrons. The molecule has 2 rings (SSSR count). The summed E-state index contributed by atoms with van der Waals surface area (Å²) in [7, 11) is 0. The van der Waals surface area contributed by atoms with E-state index in [1.807, 2.05) is 32.0 Å². The van der Waals surface area contributed by atoms with E-state index in [9.17, 15) is 14.7 Å². The number of carbonyl (C=O) groups excluding carboxylic acids is 1. The number of carbonyl (C=O) groups is 2. The second kappa shape index (κ2) is 6.83. The first-order valence-corrected chi connectivity index (χ1v) is 6.92. The minimum Gasteiger partial charge on any atom is -0.506 e. The van der Waals surface area contributed by atoms with Gasteiger partial charge in [-0.2, -0.15) is 0 Å². The Bertz CT molecular complexity index is 734. The molecular weight excluding hydrogens is 298 g/mol. The van der Waals surface area contributed by atoms with Crippen LogP contribution in [0.25, 0.3) is 0 Å². The largest absolute Gasteiger partial charge is 0.506 e. The number of nitrogens with one attached hydrogen (secondary N) is 1. The molecule has 0 atom stereocenters. The van der Waals surface area contributed by atoms with Gasteiger partial charge in [0, 0.05) is 0 Å². The average Bonchev–Trinajstić information content (AvgIpc) is 2.46. The lowest BCUT2D eigenvalue weighted by molar-refractivity contribution is -0.118. The van der Waals surface area contributed by atoms with Gasteiger partial charge in [0.25, 0.3) is 5.91 Å². The van der Waals surface area contributed by atoms with Crippen molar-refractivity contribution in [2.24, 2.45) is 0 Å². The van der Waals surface area contributed by atoms with E-state index >= 15 is 0 Å². The number of hydrogen-bond donors (Lipinski definition) is 3. The Balaban J connectivity index is 2.02. The molecule has 0 aliphatic heterocycles. The molecule has 3 N–H and O–H groups in total. The third-order valence-electron chi connectivity index (χ3n) is 3.08. The number of benzene rings is 2. The van der Waals surface area contributed by atoms with Crippen LogP contribution in [0.3, 0.4) is 0 Å². The molecule has 6 heteroatoms. The number of phenols is 1. The Hall–Kier alpha value is -3.02. The zero-order chi connectivity index (χ0) is 17.0. The highest BCUT2D eigenvalue weighted by atomic mass is 16.5. The molecular formula is C17H17NO5. The van der Waals surface area contributed by atoms with Crippen molar-refractivity contribution in [3.63, 3.8) is 0 Å². The van der Waals surface area contributed by atoms with Crippen molar-refractivity contribution in [1.29, 1.82) is 0 Å². The smallest absolute Gasteiger partial charge is 0.335 e. The number of aryl methyl sites for hydroxylation is 2. The first kappa shape index (κ1) is 16.4. The van der Waals surface area contributed by atoms with Gasteiger partial charge in [-0.1, -0.05) is 6.07 Å². The maximum Gasteiger partial charge on any atom is 0.335 e. The van der Waals surface area contributed by atoms with E-state index in [2.05, 4.69) is 5.32 Å². The monoisotopic (exact) mass is 315 g/mol. The molecule has 0 bridgehead atoms. The highest BCUT2D eigenvalue weighted by molar-refractivity contribution is 5.96. The van der Waals surface area contributed by atoms with E-state index in [1.165, 1.54) is 18.2 Å². The molecule has 23 heavy (non-hydrogen) atoms. The van der Waals surface area contributed by atoms with Gasteiger partial charge < -0.3 is 20.3 Å². The topological polar surface area (TPSA) is 95.9 Å². The van der Waals surface area contributed by atoms with Crippen LogP contribution in [0.2, 0.25) is 0 Å². The van der Waals surface area contributed by atoms with Gasteiger partial charge >= 0.3 is 5.97 Å². The minimum absolute atomic E-state index is 0.0268. The van der Waals surface area contributed by atoms with Gasteiger partial charge in [0.15, 0.2) is 6.61 Å². The quantitative estimate of drug-likeness (QED) is 0.737. The normalized spacial score (nSPS) is 10.2. The van der Waals surface area contributed by atoms with Crippen molar-refractivity contribution >= 4 is 17.6 Å². The zero-order valence-corrected chi connectivity index (χ0v) is 12.8. The van der Waals surface area contributed by atoms with Crippen LogP contribution in [0.15, 0.2) is 36.4 Å². The summed E-state index contributed by atoms with van der Waals surface area (Å²) in [4.78, 5) is 22.8. The molecule has 6 nitrogen and oxygen atoms in total. The fourth-order valence-corrected chi connectivity index (χ4v) is 2.12. The molecule has 0 spiro atoms. The van der Waals surface area contributed by atoms with E-state index in [-0.39, 0.29) is 23.6 Å². The van der Waals surface area contributed by atoms with Gasteiger partial charge in [-0.25, -0.2) is 4.79 Å². The second-order valence-corrected chi connectivity index (χ2v) is 5.20. The lowest BCUT2D eigenvalue weighted by Crippen LogP contribution is -2.20. The Kier molecular flexibility index (Phi) is 4.85. The molecule has 2 aromatic rings. The van der Waals surface area contributed by atoms with Gasteiger partial charge in [0.1, 0.15) is 11.5 Å². The second-order valence-electron chi connectivity index (χ2n) is 5.20. The van der Waals surface area contributed by atoms with Crippen LogP contribution >= 0.6 is 0 Å². The molecule has 120 valence electrons. The van der Waals surface area contributed by atoms with Crippen molar-refractivity contribution < 1.29 is 24.5 Å². The Morgan fingerprint density at radius 2 is 1.74 bits per heavy atom. The molecule has 0 aromatic heterocycles. The third-order valence-corrected chi connectivity index (χ3v) is 3.08. The number of ether oxygens (including phenoxy) is 1. The van der Waals surface area contributed by atoms with Crippen molar-refractivity contribution in [1.82, 2.24) is 0 Å². The molecule has 1 amide bonds. The number of hydrogen-bond acceptors (Lipinski definition) is 4. The molecule has 2 aromatic carbocycles. The van der Waals surface area contributed by atoms with Gasteiger partial charge in [-0.3, -0.25) is 4.79 Å². The van der Waals surface area contributed by atoms with Gasteiger partial charge in [0.05, 0.1) is 11.3 Å². The molecule has 0 fully saturated rings. The zero-order valence-electron chi connectivity index (χ0n) is 12.8. The first-order chi connectivity index (χ1) is 10.8. The number of anilines is 1. The van der Waals surface area contributed by atoms with Gasteiger partial charge in [0.2, 0.25) is 0 Å². The molecule has 0 heterocycles. The third kappa shape index (κ3) is 4.47.